The number of benzene rings is 1. The SMILES string of the molecule is Fc1ccc(CN2CC[C@H]3CC[C@@H](C2)N3)cc1Cl. The van der Waals surface area contributed by atoms with Crippen molar-refractivity contribution < 1.29 is 4.39 Å². The Bertz CT molecular complexity index is 438. The minimum Gasteiger partial charge on any atom is -0.310 e. The van der Waals surface area contributed by atoms with Crippen LogP contribution in [0, 0.1) is 5.82 Å². The molecule has 2 nitrogen and oxygen atoms in total. The van der Waals surface area contributed by atoms with Gasteiger partial charge in [-0.2, -0.15) is 0 Å². The van der Waals surface area contributed by atoms with Gasteiger partial charge in [-0.3, -0.25) is 4.90 Å². The van der Waals surface area contributed by atoms with Gasteiger partial charge in [-0.1, -0.05) is 17.7 Å². The Kier molecular flexibility index (Phi) is 3.55. The van der Waals surface area contributed by atoms with Gasteiger partial charge in [0.25, 0.3) is 0 Å². The van der Waals surface area contributed by atoms with Gasteiger partial charge in [0.05, 0.1) is 5.02 Å². The van der Waals surface area contributed by atoms with Crippen LogP contribution in [-0.2, 0) is 6.54 Å². The van der Waals surface area contributed by atoms with E-state index in [4.69, 9.17) is 11.6 Å². The number of hydrogen-bond acceptors (Lipinski definition) is 2. The summed E-state index contributed by atoms with van der Waals surface area (Å²) in [6.45, 7) is 3.07. The fourth-order valence-electron chi connectivity index (χ4n) is 3.06. The first kappa shape index (κ1) is 12.4. The van der Waals surface area contributed by atoms with Gasteiger partial charge in [-0.05, 0) is 37.0 Å². The standard InChI is InChI=1S/C14H18ClFN2/c15-13-7-10(1-4-14(13)16)8-18-6-5-11-2-3-12(9-18)17-11/h1,4,7,11-12,17H,2-3,5-6,8-9H2/t11-,12+/m1/s1. The Hall–Kier alpha value is -0.640. The molecule has 0 spiro atoms. The third kappa shape index (κ3) is 2.68. The smallest absolute Gasteiger partial charge is 0.141 e. The molecule has 1 aromatic carbocycles. The highest BCUT2D eigenvalue weighted by molar-refractivity contribution is 6.30. The molecule has 0 radical (unpaired) electrons. The Labute approximate surface area is 112 Å². The molecule has 0 aromatic heterocycles. The molecule has 2 saturated heterocycles. The van der Waals surface area contributed by atoms with Crippen LogP contribution < -0.4 is 5.32 Å². The monoisotopic (exact) mass is 268 g/mol. The summed E-state index contributed by atoms with van der Waals surface area (Å²) < 4.78 is 13.1. The molecule has 2 aliphatic rings. The first-order valence-electron chi connectivity index (χ1n) is 6.63. The van der Waals surface area contributed by atoms with E-state index in [1.807, 2.05) is 6.07 Å². The second kappa shape index (κ2) is 5.16. The lowest BCUT2D eigenvalue weighted by Crippen LogP contribution is -2.34. The second-order valence-corrected chi connectivity index (χ2v) is 5.82. The number of likely N-dealkylation sites (tertiary alicyclic amines) is 1. The normalized spacial score (nSPS) is 28.3. The van der Waals surface area contributed by atoms with Crippen molar-refractivity contribution in [1.82, 2.24) is 10.2 Å². The molecule has 1 N–H and O–H groups in total. The van der Waals surface area contributed by atoms with Crippen LogP contribution in [0.3, 0.4) is 0 Å². The summed E-state index contributed by atoms with van der Waals surface area (Å²) in [5, 5.41) is 3.89. The summed E-state index contributed by atoms with van der Waals surface area (Å²) in [6, 6.07) is 6.37. The van der Waals surface area contributed by atoms with Crippen LogP contribution in [0.4, 0.5) is 4.39 Å². The van der Waals surface area contributed by atoms with Crippen LogP contribution in [0.2, 0.25) is 5.02 Å². The first-order valence-corrected chi connectivity index (χ1v) is 7.01. The maximum absolute atomic E-state index is 13.1. The van der Waals surface area contributed by atoms with Crippen molar-refractivity contribution in [1.29, 1.82) is 0 Å². The third-order valence-electron chi connectivity index (χ3n) is 4.00. The number of nitrogens with one attached hydrogen (secondary N) is 1. The average molecular weight is 269 g/mol. The molecule has 3 rings (SSSR count). The lowest BCUT2D eigenvalue weighted by Gasteiger charge is -2.24. The molecule has 0 amide bonds. The van der Waals surface area contributed by atoms with Crippen molar-refractivity contribution in [2.45, 2.75) is 37.9 Å². The van der Waals surface area contributed by atoms with Gasteiger partial charge in [0.1, 0.15) is 5.82 Å². The van der Waals surface area contributed by atoms with E-state index in [1.165, 1.54) is 25.3 Å². The molecule has 2 fully saturated rings. The molecule has 2 atom stereocenters. The largest absolute Gasteiger partial charge is 0.310 e. The molecule has 0 unspecified atom stereocenters. The average Bonchev–Trinajstić information content (AvgIpc) is 2.68. The zero-order valence-corrected chi connectivity index (χ0v) is 11.1. The topological polar surface area (TPSA) is 15.3 Å². The maximum Gasteiger partial charge on any atom is 0.141 e. The van der Waals surface area contributed by atoms with E-state index in [9.17, 15) is 4.39 Å². The Morgan fingerprint density at radius 2 is 2.11 bits per heavy atom. The Morgan fingerprint density at radius 1 is 1.28 bits per heavy atom. The fraction of sp³-hybridized carbons (Fsp3) is 0.571. The summed E-state index contributed by atoms with van der Waals surface area (Å²) in [7, 11) is 0. The van der Waals surface area contributed by atoms with Gasteiger partial charge in [0, 0.05) is 31.7 Å². The van der Waals surface area contributed by atoms with E-state index in [2.05, 4.69) is 10.2 Å². The molecule has 2 bridgehead atoms. The highest BCUT2D eigenvalue weighted by Crippen LogP contribution is 2.22. The van der Waals surface area contributed by atoms with Gasteiger partial charge < -0.3 is 5.32 Å². The first-order chi connectivity index (χ1) is 8.70. The van der Waals surface area contributed by atoms with Crippen LogP contribution in [0.15, 0.2) is 18.2 Å². The van der Waals surface area contributed by atoms with Gasteiger partial charge in [-0.25, -0.2) is 4.39 Å². The Morgan fingerprint density at radius 3 is 2.94 bits per heavy atom. The zero-order chi connectivity index (χ0) is 12.5. The van der Waals surface area contributed by atoms with E-state index in [0.29, 0.717) is 12.1 Å². The van der Waals surface area contributed by atoms with E-state index in [-0.39, 0.29) is 10.8 Å². The molecule has 98 valence electrons. The number of fused-ring (bicyclic) bond motifs is 2. The zero-order valence-electron chi connectivity index (χ0n) is 10.3. The van der Waals surface area contributed by atoms with Crippen LogP contribution in [-0.4, -0.2) is 30.1 Å². The van der Waals surface area contributed by atoms with Crippen LogP contribution in [0.25, 0.3) is 0 Å². The minimum atomic E-state index is -0.336. The maximum atomic E-state index is 13.1. The van der Waals surface area contributed by atoms with Crippen LogP contribution in [0.5, 0.6) is 0 Å². The quantitative estimate of drug-likeness (QED) is 0.887. The van der Waals surface area contributed by atoms with Crippen molar-refractivity contribution in [3.8, 4) is 0 Å². The van der Waals surface area contributed by atoms with Gasteiger partial charge in [0.2, 0.25) is 0 Å². The number of nitrogens with zero attached hydrogens (tertiary/aromatic N) is 1. The van der Waals surface area contributed by atoms with Gasteiger partial charge >= 0.3 is 0 Å². The third-order valence-corrected chi connectivity index (χ3v) is 4.29. The molecule has 4 heteroatoms. The highest BCUT2D eigenvalue weighted by atomic mass is 35.5. The molecule has 18 heavy (non-hydrogen) atoms. The van der Waals surface area contributed by atoms with Crippen molar-refractivity contribution in [3.05, 3.63) is 34.6 Å². The molecule has 2 heterocycles. The van der Waals surface area contributed by atoms with E-state index in [1.54, 1.807) is 6.07 Å². The van der Waals surface area contributed by atoms with E-state index < -0.39 is 0 Å². The summed E-state index contributed by atoms with van der Waals surface area (Å²) in [6.07, 6.45) is 3.82. The lowest BCUT2D eigenvalue weighted by molar-refractivity contribution is 0.251. The summed E-state index contributed by atoms with van der Waals surface area (Å²) >= 11 is 5.82. The predicted octanol–water partition coefficient (Wildman–Crippen LogP) is 2.81. The highest BCUT2D eigenvalue weighted by Gasteiger charge is 2.29. The van der Waals surface area contributed by atoms with E-state index in [0.717, 1.165) is 25.2 Å². The van der Waals surface area contributed by atoms with Gasteiger partial charge in [-0.15, -0.1) is 0 Å². The second-order valence-electron chi connectivity index (χ2n) is 5.41. The fourth-order valence-corrected chi connectivity index (χ4v) is 3.26. The summed E-state index contributed by atoms with van der Waals surface area (Å²) in [4.78, 5) is 2.44. The number of rotatable bonds is 2. The van der Waals surface area contributed by atoms with E-state index >= 15 is 0 Å². The molecule has 0 saturated carbocycles. The number of halogens is 2. The molecule has 2 aliphatic heterocycles. The van der Waals surface area contributed by atoms with Crippen LogP contribution >= 0.6 is 11.6 Å². The Balaban J connectivity index is 1.66. The predicted molar refractivity (Wildman–Crippen MR) is 71.2 cm³/mol. The van der Waals surface area contributed by atoms with Crippen molar-refractivity contribution in [2.75, 3.05) is 13.1 Å². The van der Waals surface area contributed by atoms with Crippen molar-refractivity contribution >= 4 is 11.6 Å². The van der Waals surface area contributed by atoms with Gasteiger partial charge in [0.15, 0.2) is 0 Å². The molecular formula is C14H18ClFN2. The molecule has 0 aliphatic carbocycles. The summed E-state index contributed by atoms with van der Waals surface area (Å²) in [5.41, 5.74) is 1.10. The molecule has 1 aromatic rings. The lowest BCUT2D eigenvalue weighted by atomic mass is 10.1. The molecular weight excluding hydrogens is 251 g/mol. The van der Waals surface area contributed by atoms with Crippen molar-refractivity contribution in [2.24, 2.45) is 0 Å². The number of hydrogen-bond donors (Lipinski definition) is 1. The van der Waals surface area contributed by atoms with Crippen molar-refractivity contribution in [3.63, 3.8) is 0 Å². The van der Waals surface area contributed by atoms with Crippen LogP contribution in [0.1, 0.15) is 24.8 Å². The summed E-state index contributed by atoms with van der Waals surface area (Å²) in [5.74, 6) is -0.336. The minimum absolute atomic E-state index is 0.224.